The number of anilines is 1. The first-order valence-corrected chi connectivity index (χ1v) is 11.2. The lowest BCUT2D eigenvalue weighted by atomic mass is 10.1. The molecule has 1 aromatic heterocycles. The maximum absolute atomic E-state index is 12.4. The maximum atomic E-state index is 12.4. The molecule has 0 aliphatic heterocycles. The minimum absolute atomic E-state index is 0.121. The number of carbonyl (C=O) groups is 2. The third-order valence-electron chi connectivity index (χ3n) is 4.57. The number of methoxy groups -OCH3 is 1. The highest BCUT2D eigenvalue weighted by atomic mass is 32.2. The summed E-state index contributed by atoms with van der Waals surface area (Å²) in [5.41, 5.74) is 3.12. The molecule has 0 radical (unpaired) electrons. The van der Waals surface area contributed by atoms with Crippen LogP contribution in [-0.2, 0) is 22.7 Å². The molecule has 0 aliphatic rings. The van der Waals surface area contributed by atoms with Gasteiger partial charge < -0.3 is 14.8 Å². The van der Waals surface area contributed by atoms with E-state index in [1.165, 1.54) is 18.9 Å². The van der Waals surface area contributed by atoms with Gasteiger partial charge in [-0.3, -0.25) is 9.36 Å². The van der Waals surface area contributed by atoms with Gasteiger partial charge in [0, 0.05) is 12.2 Å². The number of benzene rings is 2. The maximum Gasteiger partial charge on any atom is 0.337 e. The molecule has 1 amide bonds. The summed E-state index contributed by atoms with van der Waals surface area (Å²) < 4.78 is 12.5. The molecule has 0 aliphatic carbocycles. The summed E-state index contributed by atoms with van der Waals surface area (Å²) in [6.07, 6.45) is 1.74. The molecule has 3 aromatic rings. The quantitative estimate of drug-likeness (QED) is 0.272. The predicted molar refractivity (Wildman–Crippen MR) is 128 cm³/mol. The molecule has 0 unspecified atom stereocenters. The topological polar surface area (TPSA) is 95.3 Å². The van der Waals surface area contributed by atoms with E-state index in [1.807, 2.05) is 30.5 Å². The lowest BCUT2D eigenvalue weighted by molar-refractivity contribution is -0.113. The van der Waals surface area contributed by atoms with Gasteiger partial charge in [-0.1, -0.05) is 30.0 Å². The Balaban J connectivity index is 1.62. The van der Waals surface area contributed by atoms with E-state index in [0.717, 1.165) is 16.9 Å². The summed E-state index contributed by atoms with van der Waals surface area (Å²) in [5.74, 6) is 0.832. The number of thioether (sulfide) groups is 1. The van der Waals surface area contributed by atoms with Crippen LogP contribution >= 0.6 is 11.8 Å². The van der Waals surface area contributed by atoms with E-state index in [4.69, 9.17) is 9.47 Å². The Morgan fingerprint density at radius 3 is 2.61 bits per heavy atom. The Hall–Kier alpha value is -3.59. The third-order valence-corrected chi connectivity index (χ3v) is 5.53. The van der Waals surface area contributed by atoms with Crippen molar-refractivity contribution in [2.75, 3.05) is 18.2 Å². The zero-order chi connectivity index (χ0) is 23.8. The second kappa shape index (κ2) is 11.3. The average Bonchev–Trinajstić information content (AvgIpc) is 3.17. The van der Waals surface area contributed by atoms with Crippen LogP contribution < -0.4 is 10.1 Å². The first-order chi connectivity index (χ1) is 15.9. The van der Waals surface area contributed by atoms with Crippen molar-refractivity contribution in [2.45, 2.75) is 32.2 Å². The smallest absolute Gasteiger partial charge is 0.337 e. The van der Waals surface area contributed by atoms with Crippen LogP contribution in [0.25, 0.3) is 0 Å². The number of carbonyl (C=O) groups excluding carboxylic acids is 2. The minimum atomic E-state index is -0.464. The molecule has 0 bridgehead atoms. The molecule has 2 aromatic carbocycles. The van der Waals surface area contributed by atoms with E-state index >= 15 is 0 Å². The predicted octanol–water partition coefficient (Wildman–Crippen LogP) is 4.18. The van der Waals surface area contributed by atoms with Gasteiger partial charge in [-0.2, -0.15) is 0 Å². The van der Waals surface area contributed by atoms with Crippen LogP contribution in [0.15, 0.2) is 60.3 Å². The van der Waals surface area contributed by atoms with E-state index in [0.29, 0.717) is 28.8 Å². The monoisotopic (exact) mass is 466 g/mol. The molecule has 0 spiro atoms. The number of hydrogen-bond donors (Lipinski definition) is 1. The first kappa shape index (κ1) is 24.1. The molecule has 3 rings (SSSR count). The van der Waals surface area contributed by atoms with Crippen LogP contribution in [-0.4, -0.2) is 39.5 Å². The number of amides is 1. The summed E-state index contributed by atoms with van der Waals surface area (Å²) in [6.45, 7) is 8.57. The van der Waals surface area contributed by atoms with Gasteiger partial charge in [0.15, 0.2) is 11.0 Å². The van der Waals surface area contributed by atoms with E-state index in [2.05, 4.69) is 28.2 Å². The summed E-state index contributed by atoms with van der Waals surface area (Å²) in [6, 6.07) is 12.6. The highest BCUT2D eigenvalue weighted by molar-refractivity contribution is 7.99. The average molecular weight is 467 g/mol. The van der Waals surface area contributed by atoms with Crippen LogP contribution in [0.1, 0.15) is 27.3 Å². The van der Waals surface area contributed by atoms with Crippen molar-refractivity contribution in [2.24, 2.45) is 0 Å². The number of allylic oxidation sites excluding steroid dienone is 1. The fourth-order valence-corrected chi connectivity index (χ4v) is 3.94. The summed E-state index contributed by atoms with van der Waals surface area (Å²) >= 11 is 1.26. The highest BCUT2D eigenvalue weighted by Gasteiger charge is 2.15. The largest absolute Gasteiger partial charge is 0.486 e. The lowest BCUT2D eigenvalue weighted by Crippen LogP contribution is -2.15. The zero-order valence-electron chi connectivity index (χ0n) is 18.8. The standard InChI is InChI=1S/C24H26N4O4S/c1-5-9-28-21(14-32-20-11-16(2)10-17(3)12-20)26-27-24(28)33-15-22(29)25-19-8-6-7-18(13-19)23(30)31-4/h5-8,10-13H,1,9,14-15H2,2-4H3,(H,25,29). The number of esters is 1. The van der Waals surface area contributed by atoms with Crippen molar-refractivity contribution in [1.29, 1.82) is 0 Å². The number of nitrogens with zero attached hydrogens (tertiary/aromatic N) is 3. The van der Waals surface area contributed by atoms with Crippen LogP contribution in [0.3, 0.4) is 0 Å². The van der Waals surface area contributed by atoms with Gasteiger partial charge in [-0.25, -0.2) is 4.79 Å². The Morgan fingerprint density at radius 1 is 1.15 bits per heavy atom. The third kappa shape index (κ3) is 6.69. The zero-order valence-corrected chi connectivity index (χ0v) is 19.6. The number of hydrogen-bond acceptors (Lipinski definition) is 7. The highest BCUT2D eigenvalue weighted by Crippen LogP contribution is 2.21. The summed E-state index contributed by atoms with van der Waals surface area (Å²) in [5, 5.41) is 11.8. The molecule has 0 atom stereocenters. The van der Waals surface area contributed by atoms with Crippen LogP contribution in [0.5, 0.6) is 5.75 Å². The van der Waals surface area contributed by atoms with Crippen molar-refractivity contribution in [3.05, 3.63) is 77.6 Å². The molecule has 1 N–H and O–H groups in total. The van der Waals surface area contributed by atoms with Crippen molar-refractivity contribution >= 4 is 29.3 Å². The van der Waals surface area contributed by atoms with Gasteiger partial charge in [0.1, 0.15) is 12.4 Å². The van der Waals surface area contributed by atoms with E-state index < -0.39 is 5.97 Å². The van der Waals surface area contributed by atoms with Crippen LogP contribution in [0.2, 0.25) is 0 Å². The molecule has 33 heavy (non-hydrogen) atoms. The van der Waals surface area contributed by atoms with E-state index in [-0.39, 0.29) is 18.3 Å². The fourth-order valence-electron chi connectivity index (χ4n) is 3.18. The number of ether oxygens (including phenoxy) is 2. The molecule has 8 nitrogen and oxygen atoms in total. The van der Waals surface area contributed by atoms with Gasteiger partial charge in [0.05, 0.1) is 18.4 Å². The van der Waals surface area contributed by atoms with Crippen molar-refractivity contribution in [3.8, 4) is 5.75 Å². The molecular formula is C24H26N4O4S. The van der Waals surface area contributed by atoms with Crippen LogP contribution in [0, 0.1) is 13.8 Å². The summed E-state index contributed by atoms with van der Waals surface area (Å²) in [7, 11) is 1.31. The molecule has 0 fully saturated rings. The molecular weight excluding hydrogens is 440 g/mol. The number of aryl methyl sites for hydroxylation is 2. The molecule has 172 valence electrons. The second-order valence-electron chi connectivity index (χ2n) is 7.32. The van der Waals surface area contributed by atoms with Gasteiger partial charge >= 0.3 is 5.97 Å². The molecule has 1 heterocycles. The lowest BCUT2D eigenvalue weighted by Gasteiger charge is -2.10. The van der Waals surface area contributed by atoms with Crippen molar-refractivity contribution in [3.63, 3.8) is 0 Å². The Morgan fingerprint density at radius 2 is 1.91 bits per heavy atom. The second-order valence-corrected chi connectivity index (χ2v) is 8.26. The van der Waals surface area contributed by atoms with Crippen LogP contribution in [0.4, 0.5) is 5.69 Å². The molecule has 0 saturated carbocycles. The van der Waals surface area contributed by atoms with Crippen molar-refractivity contribution in [1.82, 2.24) is 14.8 Å². The van der Waals surface area contributed by atoms with Gasteiger partial charge in [-0.15, -0.1) is 16.8 Å². The van der Waals surface area contributed by atoms with E-state index in [9.17, 15) is 9.59 Å². The Bertz CT molecular complexity index is 1140. The Kier molecular flexibility index (Phi) is 8.26. The minimum Gasteiger partial charge on any atom is -0.486 e. The number of nitrogens with one attached hydrogen (secondary N) is 1. The normalized spacial score (nSPS) is 10.5. The fraction of sp³-hybridized carbons (Fsp3) is 0.250. The Labute approximate surface area is 197 Å². The van der Waals surface area contributed by atoms with Gasteiger partial charge in [0.2, 0.25) is 5.91 Å². The summed E-state index contributed by atoms with van der Waals surface area (Å²) in [4.78, 5) is 24.1. The molecule has 0 saturated heterocycles. The van der Waals surface area contributed by atoms with Crippen molar-refractivity contribution < 1.29 is 19.1 Å². The SMILES string of the molecule is C=CCn1c(COc2cc(C)cc(C)c2)nnc1SCC(=O)Nc1cccc(C(=O)OC)c1. The van der Waals surface area contributed by atoms with E-state index in [1.54, 1.807) is 30.3 Å². The van der Waals surface area contributed by atoms with Gasteiger partial charge in [-0.05, 0) is 55.3 Å². The molecule has 9 heteroatoms. The number of aromatic nitrogens is 3. The first-order valence-electron chi connectivity index (χ1n) is 10.2. The number of rotatable bonds is 10. The van der Waals surface area contributed by atoms with Gasteiger partial charge in [0.25, 0.3) is 0 Å².